The molecule has 0 aromatic heterocycles. The maximum atomic E-state index is 12.1. The van der Waals surface area contributed by atoms with E-state index in [1.807, 2.05) is 13.8 Å². The van der Waals surface area contributed by atoms with E-state index >= 15 is 0 Å². The van der Waals surface area contributed by atoms with Crippen LogP contribution in [0.5, 0.6) is 0 Å². The summed E-state index contributed by atoms with van der Waals surface area (Å²) in [5, 5.41) is 0. The van der Waals surface area contributed by atoms with Crippen molar-refractivity contribution in [1.29, 1.82) is 0 Å². The van der Waals surface area contributed by atoms with Gasteiger partial charge in [0.2, 0.25) is 5.91 Å². The second-order valence-corrected chi connectivity index (χ2v) is 5.58. The van der Waals surface area contributed by atoms with E-state index in [2.05, 4.69) is 0 Å². The molecule has 1 aliphatic carbocycles. The van der Waals surface area contributed by atoms with E-state index in [-0.39, 0.29) is 17.9 Å². The second-order valence-electron chi connectivity index (χ2n) is 5.58. The Hall–Kier alpha value is -0.860. The molecule has 0 aromatic carbocycles. The van der Waals surface area contributed by atoms with Gasteiger partial charge in [-0.05, 0) is 24.7 Å². The first kappa shape index (κ1) is 14.2. The Labute approximate surface area is 105 Å². The normalized spacial score (nSPS) is 19.1. The summed E-state index contributed by atoms with van der Waals surface area (Å²) < 4.78 is 0. The number of hydrogen-bond donors (Lipinski definition) is 0. The zero-order valence-electron chi connectivity index (χ0n) is 11.3. The molecule has 1 aliphatic rings. The molecule has 0 aromatic rings. The summed E-state index contributed by atoms with van der Waals surface area (Å²) in [4.78, 5) is 24.7. The van der Waals surface area contributed by atoms with Crippen LogP contribution in [0.2, 0.25) is 0 Å². The number of amides is 1. The Balaban J connectivity index is 2.47. The average Bonchev–Trinajstić information content (AvgIpc) is 2.30. The summed E-state index contributed by atoms with van der Waals surface area (Å²) in [6.45, 7) is 3.95. The molecule has 98 valence electrons. The van der Waals surface area contributed by atoms with Gasteiger partial charge >= 0.3 is 0 Å². The fraction of sp³-hybridized carbons (Fsp3) is 0.857. The number of likely N-dealkylation sites (N-methyl/N-ethyl adjacent to an activating group) is 1. The molecule has 17 heavy (non-hydrogen) atoms. The van der Waals surface area contributed by atoms with Crippen LogP contribution in [0.25, 0.3) is 0 Å². The molecule has 0 saturated heterocycles. The van der Waals surface area contributed by atoms with E-state index in [1.54, 1.807) is 11.9 Å². The second kappa shape index (κ2) is 6.77. The summed E-state index contributed by atoms with van der Waals surface area (Å²) in [5.41, 5.74) is 0. The van der Waals surface area contributed by atoms with Crippen molar-refractivity contribution in [3.8, 4) is 0 Å². The molecule has 1 atom stereocenters. The topological polar surface area (TPSA) is 37.4 Å². The first-order chi connectivity index (χ1) is 8.06. The minimum absolute atomic E-state index is 0.128. The van der Waals surface area contributed by atoms with Crippen molar-refractivity contribution in [3.05, 3.63) is 0 Å². The minimum atomic E-state index is -0.272. The highest BCUT2D eigenvalue weighted by atomic mass is 16.2. The standard InChI is InChI=1S/C14H25NO2/c1-11(2)13(10-16)15(3)14(17)9-12-7-5-4-6-8-12/h10-13H,4-9H2,1-3H3/t13-/m1/s1. The van der Waals surface area contributed by atoms with Gasteiger partial charge in [0, 0.05) is 13.5 Å². The number of rotatable bonds is 5. The predicted molar refractivity (Wildman–Crippen MR) is 68.7 cm³/mol. The first-order valence-corrected chi connectivity index (χ1v) is 6.77. The predicted octanol–water partition coefficient (Wildman–Crippen LogP) is 2.64. The van der Waals surface area contributed by atoms with Crippen LogP contribution < -0.4 is 0 Å². The van der Waals surface area contributed by atoms with Crippen LogP contribution in [0.1, 0.15) is 52.4 Å². The Bertz CT molecular complexity index is 257. The lowest BCUT2D eigenvalue weighted by molar-refractivity contribution is -0.137. The van der Waals surface area contributed by atoms with Crippen molar-refractivity contribution >= 4 is 12.2 Å². The van der Waals surface area contributed by atoms with Crippen LogP contribution in [0.15, 0.2) is 0 Å². The lowest BCUT2D eigenvalue weighted by Crippen LogP contribution is -2.42. The van der Waals surface area contributed by atoms with Crippen LogP contribution in [0.4, 0.5) is 0 Å². The van der Waals surface area contributed by atoms with E-state index in [0.717, 1.165) is 6.29 Å². The molecule has 3 nitrogen and oxygen atoms in total. The Morgan fingerprint density at radius 1 is 1.29 bits per heavy atom. The lowest BCUT2D eigenvalue weighted by atomic mass is 9.86. The van der Waals surface area contributed by atoms with Gasteiger partial charge in [-0.15, -0.1) is 0 Å². The summed E-state index contributed by atoms with van der Waals surface area (Å²) in [5.74, 6) is 0.855. The van der Waals surface area contributed by atoms with Crippen LogP contribution in [0.3, 0.4) is 0 Å². The Morgan fingerprint density at radius 2 is 1.88 bits per heavy atom. The third-order valence-corrected chi connectivity index (χ3v) is 3.85. The minimum Gasteiger partial charge on any atom is -0.336 e. The Morgan fingerprint density at radius 3 is 2.35 bits per heavy atom. The molecule has 1 fully saturated rings. The number of aldehydes is 1. The monoisotopic (exact) mass is 239 g/mol. The summed E-state index contributed by atoms with van der Waals surface area (Å²) in [6.07, 6.45) is 7.67. The maximum Gasteiger partial charge on any atom is 0.223 e. The Kier molecular flexibility index (Phi) is 5.66. The van der Waals surface area contributed by atoms with Crippen molar-refractivity contribution in [2.24, 2.45) is 11.8 Å². The van der Waals surface area contributed by atoms with Crippen molar-refractivity contribution in [1.82, 2.24) is 4.90 Å². The van der Waals surface area contributed by atoms with Crippen LogP contribution in [-0.4, -0.2) is 30.2 Å². The van der Waals surface area contributed by atoms with Gasteiger partial charge < -0.3 is 9.69 Å². The molecule has 0 bridgehead atoms. The molecule has 0 aliphatic heterocycles. The molecule has 0 unspecified atom stereocenters. The van der Waals surface area contributed by atoms with Crippen LogP contribution >= 0.6 is 0 Å². The van der Waals surface area contributed by atoms with Crippen LogP contribution in [-0.2, 0) is 9.59 Å². The number of carbonyl (C=O) groups excluding carboxylic acids is 2. The van der Waals surface area contributed by atoms with E-state index in [0.29, 0.717) is 12.3 Å². The van der Waals surface area contributed by atoms with Gasteiger partial charge in [-0.25, -0.2) is 0 Å². The molecule has 0 heterocycles. The first-order valence-electron chi connectivity index (χ1n) is 6.77. The largest absolute Gasteiger partial charge is 0.336 e. The van der Waals surface area contributed by atoms with Gasteiger partial charge in [0.15, 0.2) is 0 Å². The molecule has 1 saturated carbocycles. The number of hydrogen-bond acceptors (Lipinski definition) is 2. The highest BCUT2D eigenvalue weighted by Gasteiger charge is 2.25. The zero-order chi connectivity index (χ0) is 12.8. The van der Waals surface area contributed by atoms with E-state index in [4.69, 9.17) is 0 Å². The highest BCUT2D eigenvalue weighted by Crippen LogP contribution is 2.27. The summed E-state index contributed by atoms with van der Waals surface area (Å²) >= 11 is 0. The zero-order valence-corrected chi connectivity index (χ0v) is 11.3. The van der Waals surface area contributed by atoms with E-state index in [9.17, 15) is 9.59 Å². The molecule has 1 amide bonds. The molecular weight excluding hydrogens is 214 g/mol. The lowest BCUT2D eigenvalue weighted by Gasteiger charge is -2.29. The summed E-state index contributed by atoms with van der Waals surface area (Å²) in [6, 6.07) is -0.272. The van der Waals surface area contributed by atoms with E-state index in [1.165, 1.54) is 32.1 Å². The fourth-order valence-electron chi connectivity index (χ4n) is 2.64. The average molecular weight is 239 g/mol. The fourth-order valence-corrected chi connectivity index (χ4v) is 2.64. The molecule has 0 spiro atoms. The van der Waals surface area contributed by atoms with Gasteiger partial charge in [-0.1, -0.05) is 33.1 Å². The highest BCUT2D eigenvalue weighted by molar-refractivity contribution is 5.79. The van der Waals surface area contributed by atoms with Crippen molar-refractivity contribution in [2.75, 3.05) is 7.05 Å². The number of nitrogens with zero attached hydrogens (tertiary/aromatic N) is 1. The molecule has 1 rings (SSSR count). The molecular formula is C14H25NO2. The smallest absolute Gasteiger partial charge is 0.223 e. The SMILES string of the molecule is CC(C)[C@@H](C=O)N(C)C(=O)CC1CCCCC1. The van der Waals surface area contributed by atoms with Gasteiger partial charge in [-0.3, -0.25) is 4.79 Å². The van der Waals surface area contributed by atoms with Crippen LogP contribution in [0, 0.1) is 11.8 Å². The number of carbonyl (C=O) groups is 2. The van der Waals surface area contributed by atoms with Gasteiger partial charge in [-0.2, -0.15) is 0 Å². The summed E-state index contributed by atoms with van der Waals surface area (Å²) in [7, 11) is 1.75. The maximum absolute atomic E-state index is 12.1. The van der Waals surface area contributed by atoms with E-state index < -0.39 is 0 Å². The quantitative estimate of drug-likeness (QED) is 0.692. The van der Waals surface area contributed by atoms with Crippen molar-refractivity contribution in [2.45, 2.75) is 58.4 Å². The van der Waals surface area contributed by atoms with Crippen molar-refractivity contribution < 1.29 is 9.59 Å². The van der Waals surface area contributed by atoms with Crippen molar-refractivity contribution in [3.63, 3.8) is 0 Å². The van der Waals surface area contributed by atoms with Gasteiger partial charge in [0.25, 0.3) is 0 Å². The molecule has 0 radical (unpaired) electrons. The third-order valence-electron chi connectivity index (χ3n) is 3.85. The van der Waals surface area contributed by atoms with Gasteiger partial charge in [0.1, 0.15) is 6.29 Å². The van der Waals surface area contributed by atoms with Gasteiger partial charge in [0.05, 0.1) is 6.04 Å². The molecule has 0 N–H and O–H groups in total. The molecule has 3 heteroatoms. The third kappa shape index (κ3) is 4.14.